The smallest absolute Gasteiger partial charge is 0.0719 e. The standard InChI is InChI=1S/C16H27NO/c1-5-18-13-15-9-7-6-8-14(15)12-17-11-10-16(2,3)4/h6-9,17H,5,10-13H2,1-4H3. The van der Waals surface area contributed by atoms with Gasteiger partial charge in [-0.2, -0.15) is 0 Å². The molecule has 0 aliphatic rings. The van der Waals surface area contributed by atoms with Gasteiger partial charge in [-0.25, -0.2) is 0 Å². The second-order valence-corrected chi connectivity index (χ2v) is 5.89. The molecule has 0 unspecified atom stereocenters. The molecule has 1 aromatic rings. The topological polar surface area (TPSA) is 21.3 Å². The highest BCUT2D eigenvalue weighted by Gasteiger charge is 2.09. The lowest BCUT2D eigenvalue weighted by Gasteiger charge is -2.18. The minimum Gasteiger partial charge on any atom is -0.377 e. The number of rotatable bonds is 7. The van der Waals surface area contributed by atoms with Gasteiger partial charge in [-0.05, 0) is 36.4 Å². The molecule has 0 bridgehead atoms. The van der Waals surface area contributed by atoms with Crippen LogP contribution in [0.2, 0.25) is 0 Å². The molecule has 0 saturated carbocycles. The lowest BCUT2D eigenvalue weighted by Crippen LogP contribution is -2.20. The summed E-state index contributed by atoms with van der Waals surface area (Å²) < 4.78 is 5.49. The molecule has 0 spiro atoms. The zero-order valence-corrected chi connectivity index (χ0v) is 12.3. The predicted octanol–water partition coefficient (Wildman–Crippen LogP) is 3.75. The van der Waals surface area contributed by atoms with Crippen LogP contribution in [0.3, 0.4) is 0 Å². The third-order valence-corrected chi connectivity index (χ3v) is 2.95. The van der Waals surface area contributed by atoms with Gasteiger partial charge >= 0.3 is 0 Å². The van der Waals surface area contributed by atoms with Gasteiger partial charge in [-0.3, -0.25) is 0 Å². The Morgan fingerprint density at radius 2 is 1.78 bits per heavy atom. The van der Waals surface area contributed by atoms with Crippen LogP contribution in [0.25, 0.3) is 0 Å². The van der Waals surface area contributed by atoms with Crippen molar-refractivity contribution in [2.45, 2.75) is 47.3 Å². The van der Waals surface area contributed by atoms with E-state index >= 15 is 0 Å². The van der Waals surface area contributed by atoms with Crippen molar-refractivity contribution in [2.75, 3.05) is 13.2 Å². The number of benzene rings is 1. The Labute approximate surface area is 112 Å². The van der Waals surface area contributed by atoms with E-state index in [-0.39, 0.29) is 0 Å². The third kappa shape index (κ3) is 6.18. The molecule has 0 aliphatic heterocycles. The van der Waals surface area contributed by atoms with Crippen LogP contribution in [0, 0.1) is 5.41 Å². The summed E-state index contributed by atoms with van der Waals surface area (Å²) in [5.41, 5.74) is 3.04. The summed E-state index contributed by atoms with van der Waals surface area (Å²) in [7, 11) is 0. The molecule has 0 amide bonds. The molecule has 0 radical (unpaired) electrons. The molecular weight excluding hydrogens is 222 g/mol. The van der Waals surface area contributed by atoms with E-state index in [0.717, 1.165) is 19.7 Å². The molecule has 1 rings (SSSR count). The van der Waals surface area contributed by atoms with E-state index in [9.17, 15) is 0 Å². The molecule has 1 aromatic carbocycles. The largest absolute Gasteiger partial charge is 0.377 e. The molecule has 0 aromatic heterocycles. The Morgan fingerprint density at radius 1 is 1.11 bits per heavy atom. The fourth-order valence-corrected chi connectivity index (χ4v) is 1.77. The minimum absolute atomic E-state index is 0.401. The number of ether oxygens (including phenoxy) is 1. The maximum atomic E-state index is 5.49. The van der Waals surface area contributed by atoms with Crippen molar-refractivity contribution in [3.05, 3.63) is 35.4 Å². The first-order chi connectivity index (χ1) is 8.53. The van der Waals surface area contributed by atoms with E-state index < -0.39 is 0 Å². The van der Waals surface area contributed by atoms with Crippen LogP contribution in [-0.2, 0) is 17.9 Å². The average molecular weight is 249 g/mol. The summed E-state index contributed by atoms with van der Waals surface area (Å²) in [5, 5.41) is 3.52. The van der Waals surface area contributed by atoms with Crippen LogP contribution in [0.4, 0.5) is 0 Å². The summed E-state index contributed by atoms with van der Waals surface area (Å²) in [4.78, 5) is 0. The molecule has 0 atom stereocenters. The zero-order chi connectivity index (χ0) is 13.4. The second kappa shape index (κ2) is 7.55. The number of nitrogens with one attached hydrogen (secondary N) is 1. The third-order valence-electron chi connectivity index (χ3n) is 2.95. The summed E-state index contributed by atoms with van der Waals surface area (Å²) in [6.07, 6.45) is 1.20. The zero-order valence-electron chi connectivity index (χ0n) is 12.3. The maximum Gasteiger partial charge on any atom is 0.0719 e. The molecule has 0 heterocycles. The maximum absolute atomic E-state index is 5.49. The summed E-state index contributed by atoms with van der Waals surface area (Å²) in [6.45, 7) is 12.3. The van der Waals surface area contributed by atoms with Crippen LogP contribution in [0.1, 0.15) is 45.2 Å². The Kier molecular flexibility index (Phi) is 6.37. The van der Waals surface area contributed by atoms with E-state index in [1.54, 1.807) is 0 Å². The van der Waals surface area contributed by atoms with E-state index in [1.807, 2.05) is 6.92 Å². The molecule has 0 aliphatic carbocycles. The SMILES string of the molecule is CCOCc1ccccc1CNCCC(C)(C)C. The second-order valence-electron chi connectivity index (χ2n) is 5.89. The van der Waals surface area contributed by atoms with Crippen molar-refractivity contribution in [1.82, 2.24) is 5.32 Å². The monoisotopic (exact) mass is 249 g/mol. The molecule has 0 fully saturated rings. The Bertz CT molecular complexity index is 341. The van der Waals surface area contributed by atoms with Crippen LogP contribution in [-0.4, -0.2) is 13.2 Å². The van der Waals surface area contributed by atoms with Crippen molar-refractivity contribution in [2.24, 2.45) is 5.41 Å². The molecule has 18 heavy (non-hydrogen) atoms. The summed E-state index contributed by atoms with van der Waals surface area (Å²) >= 11 is 0. The van der Waals surface area contributed by atoms with Crippen LogP contribution >= 0.6 is 0 Å². The van der Waals surface area contributed by atoms with Gasteiger partial charge < -0.3 is 10.1 Å². The lowest BCUT2D eigenvalue weighted by molar-refractivity contribution is 0.133. The van der Waals surface area contributed by atoms with Crippen LogP contribution in [0.5, 0.6) is 0 Å². The van der Waals surface area contributed by atoms with Gasteiger partial charge in [-0.1, -0.05) is 45.0 Å². The number of hydrogen-bond acceptors (Lipinski definition) is 2. The van der Waals surface area contributed by atoms with Gasteiger partial charge in [0.1, 0.15) is 0 Å². The van der Waals surface area contributed by atoms with Gasteiger partial charge in [-0.15, -0.1) is 0 Å². The fourth-order valence-electron chi connectivity index (χ4n) is 1.77. The Hall–Kier alpha value is -0.860. The normalized spacial score (nSPS) is 11.8. The van der Waals surface area contributed by atoms with E-state index in [1.165, 1.54) is 17.5 Å². The average Bonchev–Trinajstić information content (AvgIpc) is 2.32. The van der Waals surface area contributed by atoms with E-state index in [0.29, 0.717) is 12.0 Å². The van der Waals surface area contributed by atoms with Gasteiger partial charge in [0.2, 0.25) is 0 Å². The van der Waals surface area contributed by atoms with Crippen LogP contribution in [0.15, 0.2) is 24.3 Å². The first kappa shape index (κ1) is 15.2. The molecule has 1 N–H and O–H groups in total. The van der Waals surface area contributed by atoms with Gasteiger partial charge in [0.05, 0.1) is 6.61 Å². The fraction of sp³-hybridized carbons (Fsp3) is 0.625. The van der Waals surface area contributed by atoms with Crippen molar-refractivity contribution in [1.29, 1.82) is 0 Å². The van der Waals surface area contributed by atoms with Crippen LogP contribution < -0.4 is 5.32 Å². The Morgan fingerprint density at radius 3 is 2.39 bits per heavy atom. The first-order valence-corrected chi connectivity index (χ1v) is 6.88. The molecule has 0 saturated heterocycles. The number of hydrogen-bond donors (Lipinski definition) is 1. The molecule has 102 valence electrons. The molecular formula is C16H27NO. The van der Waals surface area contributed by atoms with Gasteiger partial charge in [0.25, 0.3) is 0 Å². The summed E-state index contributed by atoms with van der Waals surface area (Å²) in [6, 6.07) is 8.50. The highest BCUT2D eigenvalue weighted by Crippen LogP contribution is 2.17. The van der Waals surface area contributed by atoms with Gasteiger partial charge in [0, 0.05) is 13.2 Å². The quantitative estimate of drug-likeness (QED) is 0.743. The summed E-state index contributed by atoms with van der Waals surface area (Å²) in [5.74, 6) is 0. The molecule has 2 heteroatoms. The predicted molar refractivity (Wildman–Crippen MR) is 77.6 cm³/mol. The van der Waals surface area contributed by atoms with Crippen molar-refractivity contribution >= 4 is 0 Å². The molecule has 2 nitrogen and oxygen atoms in total. The van der Waals surface area contributed by atoms with Crippen molar-refractivity contribution in [3.8, 4) is 0 Å². The van der Waals surface area contributed by atoms with E-state index in [4.69, 9.17) is 4.74 Å². The minimum atomic E-state index is 0.401. The first-order valence-electron chi connectivity index (χ1n) is 6.88. The highest BCUT2D eigenvalue weighted by molar-refractivity contribution is 5.26. The van der Waals surface area contributed by atoms with Crippen molar-refractivity contribution in [3.63, 3.8) is 0 Å². The van der Waals surface area contributed by atoms with Crippen molar-refractivity contribution < 1.29 is 4.74 Å². The highest BCUT2D eigenvalue weighted by atomic mass is 16.5. The Balaban J connectivity index is 2.41. The van der Waals surface area contributed by atoms with Gasteiger partial charge in [0.15, 0.2) is 0 Å². The lowest BCUT2D eigenvalue weighted by atomic mass is 9.92. The van der Waals surface area contributed by atoms with E-state index in [2.05, 4.69) is 50.4 Å².